The van der Waals surface area contributed by atoms with Gasteiger partial charge in [0.2, 0.25) is 0 Å². The number of furan rings is 1. The van der Waals surface area contributed by atoms with E-state index in [9.17, 15) is 0 Å². The molecule has 0 atom stereocenters. The molecule has 4 nitrogen and oxygen atoms in total. The zero-order chi connectivity index (χ0) is 33.7. The van der Waals surface area contributed by atoms with E-state index >= 15 is 0 Å². The standard InChI is InChI=1S/C47H29N3O/c1-3-14-30(15-4-1)32-21-11-23-35-33(32)22-12-24-36(35)38-28-29-39(37-19-8-7-18-34(37)38)46-48-45(31-16-5-2-6-17-31)49-47(50-46)41-25-13-27-43-44(41)40-20-9-10-26-42(40)51-43/h1-29H. The van der Waals surface area contributed by atoms with E-state index < -0.39 is 0 Å². The number of benzene rings is 8. The van der Waals surface area contributed by atoms with E-state index in [0.29, 0.717) is 17.5 Å². The molecule has 0 bridgehead atoms. The highest BCUT2D eigenvalue weighted by atomic mass is 16.3. The minimum atomic E-state index is 0.603. The summed E-state index contributed by atoms with van der Waals surface area (Å²) < 4.78 is 6.25. The Morgan fingerprint density at radius 3 is 1.47 bits per heavy atom. The average Bonchev–Trinajstić information content (AvgIpc) is 3.60. The third kappa shape index (κ3) is 4.88. The fourth-order valence-corrected chi connectivity index (χ4v) is 7.44. The van der Waals surface area contributed by atoms with Crippen molar-refractivity contribution in [1.82, 2.24) is 15.0 Å². The summed E-state index contributed by atoms with van der Waals surface area (Å²) in [6.07, 6.45) is 0. The topological polar surface area (TPSA) is 51.8 Å². The third-order valence-corrected chi connectivity index (χ3v) is 9.77. The number of hydrogen-bond acceptors (Lipinski definition) is 4. The zero-order valence-electron chi connectivity index (χ0n) is 27.5. The summed E-state index contributed by atoms with van der Waals surface area (Å²) in [5, 5.41) is 6.69. The number of aromatic nitrogens is 3. The molecule has 0 aliphatic rings. The normalized spacial score (nSPS) is 11.5. The molecule has 0 aliphatic heterocycles. The molecule has 10 rings (SSSR count). The lowest BCUT2D eigenvalue weighted by Gasteiger charge is -2.15. The summed E-state index contributed by atoms with van der Waals surface area (Å²) in [6, 6.07) is 61.1. The Morgan fingerprint density at radius 2 is 0.725 bits per heavy atom. The molecular weight excluding hydrogens is 623 g/mol. The van der Waals surface area contributed by atoms with Crippen molar-refractivity contribution in [2.75, 3.05) is 0 Å². The molecule has 0 radical (unpaired) electrons. The van der Waals surface area contributed by atoms with Crippen molar-refractivity contribution in [2.24, 2.45) is 0 Å². The Morgan fingerprint density at radius 1 is 0.275 bits per heavy atom. The van der Waals surface area contributed by atoms with Gasteiger partial charge in [0.15, 0.2) is 17.5 Å². The van der Waals surface area contributed by atoms with Crippen LogP contribution in [0, 0.1) is 0 Å². The monoisotopic (exact) mass is 651 g/mol. The molecule has 0 amide bonds. The molecule has 0 saturated heterocycles. The van der Waals surface area contributed by atoms with Crippen molar-refractivity contribution in [3.63, 3.8) is 0 Å². The van der Waals surface area contributed by atoms with Crippen molar-refractivity contribution < 1.29 is 4.42 Å². The lowest BCUT2D eigenvalue weighted by Crippen LogP contribution is -2.01. The number of hydrogen-bond donors (Lipinski definition) is 0. The lowest BCUT2D eigenvalue weighted by molar-refractivity contribution is 0.669. The van der Waals surface area contributed by atoms with Crippen molar-refractivity contribution in [2.45, 2.75) is 0 Å². The van der Waals surface area contributed by atoms with Gasteiger partial charge in [0, 0.05) is 27.5 Å². The van der Waals surface area contributed by atoms with Gasteiger partial charge < -0.3 is 4.42 Å². The fourth-order valence-electron chi connectivity index (χ4n) is 7.44. The molecular formula is C47H29N3O. The number of rotatable bonds is 5. The Labute approximate surface area is 294 Å². The molecule has 8 aromatic carbocycles. The predicted octanol–water partition coefficient (Wildman–Crippen LogP) is 12.4. The van der Waals surface area contributed by atoms with Crippen LogP contribution in [0.3, 0.4) is 0 Å². The lowest BCUT2D eigenvalue weighted by atomic mass is 9.89. The van der Waals surface area contributed by atoms with E-state index in [1.807, 2.05) is 60.7 Å². The van der Waals surface area contributed by atoms with Crippen molar-refractivity contribution in [3.8, 4) is 56.4 Å². The van der Waals surface area contributed by atoms with Gasteiger partial charge in [0.25, 0.3) is 0 Å². The first-order valence-electron chi connectivity index (χ1n) is 17.1. The van der Waals surface area contributed by atoms with E-state index in [-0.39, 0.29) is 0 Å². The highest BCUT2D eigenvalue weighted by molar-refractivity contribution is 6.13. The molecule has 0 saturated carbocycles. The Kier molecular flexibility index (Phi) is 6.78. The molecule has 0 unspecified atom stereocenters. The van der Waals surface area contributed by atoms with E-state index in [1.165, 1.54) is 27.5 Å². The van der Waals surface area contributed by atoms with Gasteiger partial charge >= 0.3 is 0 Å². The molecule has 2 heterocycles. The van der Waals surface area contributed by atoms with Crippen molar-refractivity contribution in [3.05, 3.63) is 176 Å². The van der Waals surface area contributed by atoms with Crippen LogP contribution in [0.15, 0.2) is 180 Å². The maximum absolute atomic E-state index is 6.25. The van der Waals surface area contributed by atoms with Crippen LogP contribution in [0.25, 0.3) is 99.9 Å². The third-order valence-electron chi connectivity index (χ3n) is 9.77. The summed E-state index contributed by atoms with van der Waals surface area (Å²) in [7, 11) is 0. The Hall–Kier alpha value is -6.91. The second-order valence-electron chi connectivity index (χ2n) is 12.7. The van der Waals surface area contributed by atoms with Crippen LogP contribution in [0.1, 0.15) is 0 Å². The molecule has 51 heavy (non-hydrogen) atoms. The summed E-state index contributed by atoms with van der Waals surface area (Å²) in [5.74, 6) is 1.85. The average molecular weight is 652 g/mol. The SMILES string of the molecule is c1ccc(-c2nc(-c3ccc(-c4cccc5c(-c6ccccc6)cccc45)c4ccccc34)nc(-c3cccc4oc5ccccc5c34)n2)cc1. The molecule has 4 heteroatoms. The van der Waals surface area contributed by atoms with E-state index in [4.69, 9.17) is 19.4 Å². The van der Waals surface area contributed by atoms with Gasteiger partial charge in [-0.3, -0.25) is 0 Å². The minimum Gasteiger partial charge on any atom is -0.456 e. The van der Waals surface area contributed by atoms with Gasteiger partial charge in [0.05, 0.1) is 0 Å². The number of fused-ring (bicyclic) bond motifs is 5. The van der Waals surface area contributed by atoms with Crippen LogP contribution in [0.4, 0.5) is 0 Å². The van der Waals surface area contributed by atoms with Crippen LogP contribution in [-0.2, 0) is 0 Å². The highest BCUT2D eigenvalue weighted by Gasteiger charge is 2.20. The molecule has 2 aromatic heterocycles. The Balaban J connectivity index is 1.20. The second kappa shape index (κ2) is 11.9. The smallest absolute Gasteiger partial charge is 0.164 e. The largest absolute Gasteiger partial charge is 0.456 e. The van der Waals surface area contributed by atoms with Crippen LogP contribution in [-0.4, -0.2) is 15.0 Å². The molecule has 10 aromatic rings. The minimum absolute atomic E-state index is 0.603. The van der Waals surface area contributed by atoms with Crippen molar-refractivity contribution in [1.29, 1.82) is 0 Å². The van der Waals surface area contributed by atoms with Gasteiger partial charge in [-0.05, 0) is 62.0 Å². The quantitative estimate of drug-likeness (QED) is 0.186. The summed E-state index contributed by atoms with van der Waals surface area (Å²) in [6.45, 7) is 0. The van der Waals surface area contributed by atoms with Crippen LogP contribution in [0.2, 0.25) is 0 Å². The van der Waals surface area contributed by atoms with Crippen LogP contribution < -0.4 is 0 Å². The van der Waals surface area contributed by atoms with Gasteiger partial charge in [-0.25, -0.2) is 15.0 Å². The number of para-hydroxylation sites is 1. The summed E-state index contributed by atoms with van der Waals surface area (Å²) >= 11 is 0. The van der Waals surface area contributed by atoms with Crippen LogP contribution in [0.5, 0.6) is 0 Å². The predicted molar refractivity (Wildman–Crippen MR) is 209 cm³/mol. The van der Waals surface area contributed by atoms with Crippen LogP contribution >= 0.6 is 0 Å². The van der Waals surface area contributed by atoms with Gasteiger partial charge in [-0.1, -0.05) is 158 Å². The Bertz CT molecular complexity index is 2910. The first-order valence-corrected chi connectivity index (χ1v) is 17.1. The molecule has 0 fully saturated rings. The first-order chi connectivity index (χ1) is 25.3. The van der Waals surface area contributed by atoms with Gasteiger partial charge in [-0.15, -0.1) is 0 Å². The van der Waals surface area contributed by atoms with Gasteiger partial charge in [-0.2, -0.15) is 0 Å². The summed E-state index contributed by atoms with van der Waals surface area (Å²) in [5.41, 5.74) is 9.21. The second-order valence-corrected chi connectivity index (χ2v) is 12.7. The fraction of sp³-hybridized carbons (Fsp3) is 0. The maximum atomic E-state index is 6.25. The molecule has 0 spiro atoms. The van der Waals surface area contributed by atoms with E-state index in [2.05, 4.69) is 115 Å². The molecule has 0 aliphatic carbocycles. The molecule has 0 N–H and O–H groups in total. The molecule has 238 valence electrons. The van der Waals surface area contributed by atoms with Crippen molar-refractivity contribution >= 4 is 43.5 Å². The zero-order valence-corrected chi connectivity index (χ0v) is 27.5. The summed E-state index contributed by atoms with van der Waals surface area (Å²) in [4.78, 5) is 15.4. The number of nitrogens with zero attached hydrogens (tertiary/aromatic N) is 3. The van der Waals surface area contributed by atoms with E-state index in [0.717, 1.165) is 55.0 Å². The van der Waals surface area contributed by atoms with Gasteiger partial charge in [0.1, 0.15) is 11.2 Å². The highest BCUT2D eigenvalue weighted by Crippen LogP contribution is 2.41. The first kappa shape index (κ1) is 29.0. The van der Waals surface area contributed by atoms with E-state index in [1.54, 1.807) is 0 Å². The maximum Gasteiger partial charge on any atom is 0.164 e.